The number of ether oxygens (including phenoxy) is 2. The van der Waals surface area contributed by atoms with Gasteiger partial charge in [0.1, 0.15) is 5.82 Å². The standard InChI is InChI=1S/C18H19FN2O4S.ClH/c1-12-7-16-17(25-11-24-16)9-18(12)26(22,23)21-6-5-20-10-15(21)13-3-2-4-14(19)8-13;/h2-4,7-9,15,20H,5-6,10-11H2,1H3;1H. The van der Waals surface area contributed by atoms with Crippen LogP contribution in [0.25, 0.3) is 0 Å². The summed E-state index contributed by atoms with van der Waals surface area (Å²) in [4.78, 5) is 0.185. The van der Waals surface area contributed by atoms with Gasteiger partial charge >= 0.3 is 0 Å². The van der Waals surface area contributed by atoms with Crippen LogP contribution in [-0.4, -0.2) is 39.2 Å². The molecule has 1 atom stereocenters. The van der Waals surface area contributed by atoms with Crippen LogP contribution in [-0.2, 0) is 10.0 Å². The molecule has 1 N–H and O–H groups in total. The number of nitrogens with zero attached hydrogens (tertiary/aromatic N) is 1. The van der Waals surface area contributed by atoms with Crippen molar-refractivity contribution in [3.63, 3.8) is 0 Å². The van der Waals surface area contributed by atoms with Crippen molar-refractivity contribution in [3.05, 3.63) is 53.3 Å². The summed E-state index contributed by atoms with van der Waals surface area (Å²) in [6.45, 7) is 3.07. The third-order valence-electron chi connectivity index (χ3n) is 4.68. The predicted molar refractivity (Wildman–Crippen MR) is 100 cm³/mol. The summed E-state index contributed by atoms with van der Waals surface area (Å²) >= 11 is 0. The van der Waals surface area contributed by atoms with Gasteiger partial charge in [0.25, 0.3) is 0 Å². The first-order valence-electron chi connectivity index (χ1n) is 8.35. The molecule has 6 nitrogen and oxygen atoms in total. The minimum atomic E-state index is -3.79. The molecule has 0 amide bonds. The molecule has 0 radical (unpaired) electrons. The molecule has 1 saturated heterocycles. The van der Waals surface area contributed by atoms with Gasteiger partial charge < -0.3 is 14.8 Å². The highest BCUT2D eigenvalue weighted by atomic mass is 35.5. The average Bonchev–Trinajstić information content (AvgIpc) is 3.08. The van der Waals surface area contributed by atoms with Crippen molar-refractivity contribution in [1.29, 1.82) is 0 Å². The summed E-state index contributed by atoms with van der Waals surface area (Å²) in [5.74, 6) is 0.583. The number of piperazine rings is 1. The number of sulfonamides is 1. The van der Waals surface area contributed by atoms with E-state index in [9.17, 15) is 12.8 Å². The van der Waals surface area contributed by atoms with Crippen LogP contribution in [0.2, 0.25) is 0 Å². The molecular formula is C18H20ClFN2O4S. The van der Waals surface area contributed by atoms with E-state index >= 15 is 0 Å². The normalized spacial score (nSPS) is 19.6. The van der Waals surface area contributed by atoms with E-state index in [1.165, 1.54) is 22.5 Å². The monoisotopic (exact) mass is 414 g/mol. The van der Waals surface area contributed by atoms with Crippen molar-refractivity contribution < 1.29 is 22.3 Å². The van der Waals surface area contributed by atoms with Crippen LogP contribution in [0.1, 0.15) is 17.2 Å². The molecule has 0 aromatic heterocycles. The molecule has 27 heavy (non-hydrogen) atoms. The Kier molecular flexibility index (Phi) is 5.62. The molecule has 0 saturated carbocycles. The highest BCUT2D eigenvalue weighted by Crippen LogP contribution is 2.38. The van der Waals surface area contributed by atoms with Crippen molar-refractivity contribution in [1.82, 2.24) is 9.62 Å². The van der Waals surface area contributed by atoms with E-state index in [1.807, 2.05) is 0 Å². The molecule has 2 aliphatic rings. The van der Waals surface area contributed by atoms with Crippen molar-refractivity contribution in [2.24, 2.45) is 0 Å². The van der Waals surface area contributed by atoms with E-state index < -0.39 is 16.1 Å². The maximum atomic E-state index is 13.7. The Balaban J connectivity index is 0.00000210. The summed E-state index contributed by atoms with van der Waals surface area (Å²) in [5, 5.41) is 3.19. The smallest absolute Gasteiger partial charge is 0.244 e. The van der Waals surface area contributed by atoms with Gasteiger partial charge in [-0.3, -0.25) is 0 Å². The zero-order chi connectivity index (χ0) is 18.3. The lowest BCUT2D eigenvalue weighted by Gasteiger charge is -2.35. The van der Waals surface area contributed by atoms with Crippen LogP contribution >= 0.6 is 12.4 Å². The summed E-state index contributed by atoms with van der Waals surface area (Å²) in [6, 6.07) is 8.78. The van der Waals surface area contributed by atoms with Crippen LogP contribution in [0.3, 0.4) is 0 Å². The molecule has 1 unspecified atom stereocenters. The fraction of sp³-hybridized carbons (Fsp3) is 0.333. The third-order valence-corrected chi connectivity index (χ3v) is 6.73. The molecule has 0 bridgehead atoms. The number of halogens is 2. The fourth-order valence-corrected chi connectivity index (χ4v) is 5.24. The highest BCUT2D eigenvalue weighted by molar-refractivity contribution is 7.89. The van der Waals surface area contributed by atoms with E-state index in [4.69, 9.17) is 9.47 Å². The lowest BCUT2D eigenvalue weighted by molar-refractivity contribution is 0.174. The molecule has 0 spiro atoms. The SMILES string of the molecule is Cc1cc2c(cc1S(=O)(=O)N1CCNCC1c1cccc(F)c1)OCO2.Cl. The average molecular weight is 415 g/mol. The first kappa shape index (κ1) is 19.9. The van der Waals surface area contributed by atoms with Gasteiger partial charge in [0, 0.05) is 25.7 Å². The van der Waals surface area contributed by atoms with Gasteiger partial charge in [-0.1, -0.05) is 12.1 Å². The summed E-state index contributed by atoms with van der Waals surface area (Å²) < 4.78 is 52.5. The number of hydrogen-bond acceptors (Lipinski definition) is 5. The minimum absolute atomic E-state index is 0. The quantitative estimate of drug-likeness (QED) is 0.836. The highest BCUT2D eigenvalue weighted by Gasteiger charge is 2.36. The lowest BCUT2D eigenvalue weighted by atomic mass is 10.1. The zero-order valence-corrected chi connectivity index (χ0v) is 16.3. The Hall–Kier alpha value is -1.87. The van der Waals surface area contributed by atoms with E-state index in [-0.39, 0.29) is 29.9 Å². The maximum Gasteiger partial charge on any atom is 0.244 e. The molecule has 2 aromatic rings. The van der Waals surface area contributed by atoms with Crippen LogP contribution in [0, 0.1) is 12.7 Å². The van der Waals surface area contributed by atoms with Crippen LogP contribution in [0.4, 0.5) is 4.39 Å². The second-order valence-corrected chi connectivity index (χ2v) is 8.22. The first-order valence-corrected chi connectivity index (χ1v) is 9.79. The second-order valence-electron chi connectivity index (χ2n) is 6.36. The van der Waals surface area contributed by atoms with Gasteiger partial charge in [-0.15, -0.1) is 12.4 Å². The Morgan fingerprint density at radius 2 is 1.93 bits per heavy atom. The molecular weight excluding hydrogens is 395 g/mol. The van der Waals surface area contributed by atoms with E-state index in [2.05, 4.69) is 5.32 Å². The number of fused-ring (bicyclic) bond motifs is 1. The predicted octanol–water partition coefficient (Wildman–Crippen LogP) is 2.62. The fourth-order valence-electron chi connectivity index (χ4n) is 3.40. The lowest BCUT2D eigenvalue weighted by Crippen LogP contribution is -2.48. The number of benzene rings is 2. The Morgan fingerprint density at radius 3 is 2.67 bits per heavy atom. The van der Waals surface area contributed by atoms with Gasteiger partial charge in [-0.25, -0.2) is 12.8 Å². The number of hydrogen-bond donors (Lipinski definition) is 1. The number of aryl methyl sites for hydroxylation is 1. The molecule has 4 rings (SSSR count). The molecule has 9 heteroatoms. The van der Waals surface area contributed by atoms with Crippen LogP contribution in [0.15, 0.2) is 41.3 Å². The van der Waals surface area contributed by atoms with Gasteiger partial charge in [0.15, 0.2) is 11.5 Å². The molecule has 2 heterocycles. The second kappa shape index (κ2) is 7.63. The van der Waals surface area contributed by atoms with Gasteiger partial charge in [0.2, 0.25) is 16.8 Å². The number of rotatable bonds is 3. The van der Waals surface area contributed by atoms with Gasteiger partial charge in [-0.2, -0.15) is 4.31 Å². The molecule has 1 fully saturated rings. The topological polar surface area (TPSA) is 67.9 Å². The zero-order valence-electron chi connectivity index (χ0n) is 14.6. The van der Waals surface area contributed by atoms with Crippen molar-refractivity contribution in [3.8, 4) is 11.5 Å². The Bertz CT molecular complexity index is 954. The van der Waals surface area contributed by atoms with Gasteiger partial charge in [0.05, 0.1) is 10.9 Å². The molecule has 0 aliphatic carbocycles. The molecule has 2 aromatic carbocycles. The summed E-state index contributed by atoms with van der Waals surface area (Å²) in [6.07, 6.45) is 0. The molecule has 2 aliphatic heterocycles. The molecule has 146 valence electrons. The van der Waals surface area contributed by atoms with Gasteiger partial charge in [-0.05, 0) is 36.2 Å². The van der Waals surface area contributed by atoms with Crippen molar-refractivity contribution >= 4 is 22.4 Å². The van der Waals surface area contributed by atoms with Crippen LogP contribution < -0.4 is 14.8 Å². The maximum absolute atomic E-state index is 13.7. The summed E-state index contributed by atoms with van der Waals surface area (Å²) in [7, 11) is -3.79. The Labute approximate surface area is 163 Å². The summed E-state index contributed by atoms with van der Waals surface area (Å²) in [5.41, 5.74) is 1.21. The first-order chi connectivity index (χ1) is 12.5. The Morgan fingerprint density at radius 1 is 1.19 bits per heavy atom. The largest absolute Gasteiger partial charge is 0.454 e. The van der Waals surface area contributed by atoms with E-state index in [0.29, 0.717) is 42.3 Å². The number of nitrogens with one attached hydrogen (secondary N) is 1. The van der Waals surface area contributed by atoms with Crippen molar-refractivity contribution in [2.75, 3.05) is 26.4 Å². The third kappa shape index (κ3) is 3.62. The van der Waals surface area contributed by atoms with Crippen LogP contribution in [0.5, 0.6) is 11.5 Å². The van der Waals surface area contributed by atoms with Crippen molar-refractivity contribution in [2.45, 2.75) is 17.9 Å². The minimum Gasteiger partial charge on any atom is -0.454 e. The van der Waals surface area contributed by atoms with E-state index in [0.717, 1.165) is 0 Å². The van der Waals surface area contributed by atoms with E-state index in [1.54, 1.807) is 25.1 Å².